The van der Waals surface area contributed by atoms with Crippen LogP contribution in [0, 0.1) is 0 Å². The second-order valence-corrected chi connectivity index (χ2v) is 5.72. The Labute approximate surface area is 73.6 Å². The first-order valence-corrected chi connectivity index (χ1v) is 5.59. The molecule has 1 fully saturated rings. The first-order valence-electron chi connectivity index (χ1n) is 3.98. The first kappa shape index (κ1) is 9.95. The van der Waals surface area contributed by atoms with Crippen molar-refractivity contribution in [2.45, 2.75) is 26.3 Å². The van der Waals surface area contributed by atoms with E-state index in [2.05, 4.69) is 0 Å². The third kappa shape index (κ3) is 1.62. The van der Waals surface area contributed by atoms with E-state index in [9.17, 15) is 8.42 Å². The minimum absolute atomic E-state index is 0.139. The zero-order valence-corrected chi connectivity index (χ0v) is 8.52. The van der Waals surface area contributed by atoms with Crippen LogP contribution in [0.5, 0.6) is 0 Å². The maximum absolute atomic E-state index is 11.5. The molecule has 4 nitrogen and oxygen atoms in total. The lowest BCUT2D eigenvalue weighted by Gasteiger charge is -2.27. The van der Waals surface area contributed by atoms with Gasteiger partial charge in [-0.1, -0.05) is 0 Å². The van der Waals surface area contributed by atoms with Gasteiger partial charge < -0.3 is 4.74 Å². The van der Waals surface area contributed by atoms with Crippen LogP contribution in [0.25, 0.3) is 0 Å². The van der Waals surface area contributed by atoms with Gasteiger partial charge in [-0.15, -0.1) is 0 Å². The molecule has 1 rings (SSSR count). The molecule has 0 spiro atoms. The summed E-state index contributed by atoms with van der Waals surface area (Å²) in [4.78, 5) is 0. The van der Waals surface area contributed by atoms with Crippen molar-refractivity contribution in [3.8, 4) is 0 Å². The maximum Gasteiger partial charge on any atom is 0.216 e. The fourth-order valence-corrected chi connectivity index (χ4v) is 2.59. The number of ether oxygens (including phenoxy) is 1. The molecule has 0 radical (unpaired) electrons. The molecule has 0 aromatic rings. The van der Waals surface area contributed by atoms with Gasteiger partial charge in [-0.25, -0.2) is 8.42 Å². The molecule has 0 N–H and O–H groups in total. The number of sulfonamides is 1. The third-order valence-corrected chi connectivity index (χ3v) is 4.04. The Morgan fingerprint density at radius 2 is 2.08 bits per heavy atom. The quantitative estimate of drug-likeness (QED) is 0.638. The standard InChI is InChI=1S/C7H15NO3S/c1-4-12(9,10)8-6-11-5-7(8,2)3/h4-6H2,1-3H3. The predicted molar refractivity (Wildman–Crippen MR) is 46.2 cm³/mol. The second-order valence-electron chi connectivity index (χ2n) is 3.54. The summed E-state index contributed by atoms with van der Waals surface area (Å²) in [6, 6.07) is 0. The van der Waals surface area contributed by atoms with Crippen LogP contribution in [-0.4, -0.2) is 37.4 Å². The van der Waals surface area contributed by atoms with Crippen molar-refractivity contribution in [1.82, 2.24) is 4.31 Å². The number of rotatable bonds is 2. The van der Waals surface area contributed by atoms with Gasteiger partial charge in [0.2, 0.25) is 10.0 Å². The molecule has 0 unspecified atom stereocenters. The van der Waals surface area contributed by atoms with Gasteiger partial charge in [-0.3, -0.25) is 0 Å². The lowest BCUT2D eigenvalue weighted by molar-refractivity contribution is 0.171. The van der Waals surface area contributed by atoms with Gasteiger partial charge in [0.1, 0.15) is 6.73 Å². The SMILES string of the molecule is CCS(=O)(=O)N1COCC1(C)C. The van der Waals surface area contributed by atoms with E-state index in [0.717, 1.165) is 0 Å². The average molecular weight is 193 g/mol. The van der Waals surface area contributed by atoms with E-state index in [1.54, 1.807) is 6.92 Å². The molecule has 0 saturated carbocycles. The van der Waals surface area contributed by atoms with Gasteiger partial charge in [-0.2, -0.15) is 4.31 Å². The predicted octanol–water partition coefficient (Wildman–Crippen LogP) is 0.404. The minimum atomic E-state index is -3.10. The summed E-state index contributed by atoms with van der Waals surface area (Å²) in [5.74, 6) is 0.139. The lowest BCUT2D eigenvalue weighted by atomic mass is 10.1. The molecule has 0 amide bonds. The number of nitrogens with zero attached hydrogens (tertiary/aromatic N) is 1. The molecule has 5 heteroatoms. The summed E-state index contributed by atoms with van der Waals surface area (Å²) in [6.07, 6.45) is 0. The van der Waals surface area contributed by atoms with Gasteiger partial charge in [0.05, 0.1) is 17.9 Å². The molecular formula is C7H15NO3S. The van der Waals surface area contributed by atoms with Gasteiger partial charge in [0.15, 0.2) is 0 Å². The molecule has 1 heterocycles. The van der Waals surface area contributed by atoms with E-state index >= 15 is 0 Å². The second kappa shape index (κ2) is 2.97. The number of hydrogen-bond acceptors (Lipinski definition) is 3. The molecular weight excluding hydrogens is 178 g/mol. The maximum atomic E-state index is 11.5. The highest BCUT2D eigenvalue weighted by Gasteiger charge is 2.40. The normalized spacial score (nSPS) is 24.6. The molecule has 1 aliphatic heterocycles. The van der Waals surface area contributed by atoms with E-state index in [1.807, 2.05) is 13.8 Å². The summed E-state index contributed by atoms with van der Waals surface area (Å²) in [5.41, 5.74) is -0.380. The van der Waals surface area contributed by atoms with Crippen molar-refractivity contribution in [3.63, 3.8) is 0 Å². The lowest BCUT2D eigenvalue weighted by Crippen LogP contribution is -2.44. The van der Waals surface area contributed by atoms with Crippen LogP contribution >= 0.6 is 0 Å². The van der Waals surface area contributed by atoms with E-state index in [1.165, 1.54) is 4.31 Å². The van der Waals surface area contributed by atoms with E-state index in [4.69, 9.17) is 4.74 Å². The summed E-state index contributed by atoms with van der Waals surface area (Å²) < 4.78 is 29.5. The van der Waals surface area contributed by atoms with Crippen molar-refractivity contribution < 1.29 is 13.2 Å². The Kier molecular flexibility index (Phi) is 2.47. The van der Waals surface area contributed by atoms with E-state index < -0.39 is 10.0 Å². The third-order valence-electron chi connectivity index (χ3n) is 2.04. The van der Waals surface area contributed by atoms with E-state index in [-0.39, 0.29) is 18.0 Å². The Morgan fingerprint density at radius 3 is 2.42 bits per heavy atom. The van der Waals surface area contributed by atoms with Crippen LogP contribution in [0.2, 0.25) is 0 Å². The number of hydrogen-bond donors (Lipinski definition) is 0. The molecule has 12 heavy (non-hydrogen) atoms. The Balaban J connectivity index is 2.90. The fraction of sp³-hybridized carbons (Fsp3) is 1.00. The zero-order valence-electron chi connectivity index (χ0n) is 7.70. The monoisotopic (exact) mass is 193 g/mol. The van der Waals surface area contributed by atoms with Gasteiger partial charge in [0, 0.05) is 0 Å². The van der Waals surface area contributed by atoms with Crippen LogP contribution in [0.15, 0.2) is 0 Å². The largest absolute Gasteiger partial charge is 0.363 e. The van der Waals surface area contributed by atoms with Crippen LogP contribution in [0.3, 0.4) is 0 Å². The van der Waals surface area contributed by atoms with Crippen LogP contribution in [-0.2, 0) is 14.8 Å². The molecule has 0 aromatic heterocycles. The first-order chi connectivity index (χ1) is 5.40. The summed E-state index contributed by atoms with van der Waals surface area (Å²) in [7, 11) is -3.10. The highest BCUT2D eigenvalue weighted by Crippen LogP contribution is 2.24. The van der Waals surface area contributed by atoms with Gasteiger partial charge in [-0.05, 0) is 20.8 Å². The molecule has 0 aliphatic carbocycles. The highest BCUT2D eigenvalue weighted by atomic mass is 32.2. The van der Waals surface area contributed by atoms with Crippen molar-refractivity contribution in [2.75, 3.05) is 19.1 Å². The topological polar surface area (TPSA) is 46.6 Å². The highest BCUT2D eigenvalue weighted by molar-refractivity contribution is 7.89. The zero-order chi connectivity index (χ0) is 9.41. The van der Waals surface area contributed by atoms with Crippen LogP contribution < -0.4 is 0 Å². The van der Waals surface area contributed by atoms with Gasteiger partial charge >= 0.3 is 0 Å². The Morgan fingerprint density at radius 1 is 1.50 bits per heavy atom. The average Bonchev–Trinajstić information content (AvgIpc) is 2.30. The van der Waals surface area contributed by atoms with Crippen molar-refractivity contribution in [2.24, 2.45) is 0 Å². The molecule has 0 atom stereocenters. The molecule has 0 aromatic carbocycles. The smallest absolute Gasteiger partial charge is 0.216 e. The Bertz CT molecular complexity index is 258. The molecule has 1 aliphatic rings. The molecule has 72 valence electrons. The molecule has 1 saturated heterocycles. The van der Waals surface area contributed by atoms with Crippen molar-refractivity contribution >= 4 is 10.0 Å². The summed E-state index contributed by atoms with van der Waals surface area (Å²) >= 11 is 0. The van der Waals surface area contributed by atoms with Gasteiger partial charge in [0.25, 0.3) is 0 Å². The van der Waals surface area contributed by atoms with Crippen LogP contribution in [0.1, 0.15) is 20.8 Å². The van der Waals surface area contributed by atoms with Crippen LogP contribution in [0.4, 0.5) is 0 Å². The summed E-state index contributed by atoms with van der Waals surface area (Å²) in [5, 5.41) is 0. The Hall–Kier alpha value is -0.130. The van der Waals surface area contributed by atoms with Crippen molar-refractivity contribution in [1.29, 1.82) is 0 Å². The van der Waals surface area contributed by atoms with Crippen molar-refractivity contribution in [3.05, 3.63) is 0 Å². The molecule has 0 bridgehead atoms. The summed E-state index contributed by atoms with van der Waals surface area (Å²) in [6.45, 7) is 6.06. The minimum Gasteiger partial charge on any atom is -0.363 e. The van der Waals surface area contributed by atoms with E-state index in [0.29, 0.717) is 6.61 Å². The fourth-order valence-electron chi connectivity index (χ4n) is 1.24.